The number of carbonyl (C=O) groups is 1. The molecule has 0 radical (unpaired) electrons. The number of carbonyl (C=O) groups excluding carboxylic acids is 1. The number of nitrogens with zero attached hydrogens (tertiary/aromatic N) is 1. The fourth-order valence-corrected chi connectivity index (χ4v) is 2.98. The van der Waals surface area contributed by atoms with Crippen LogP contribution in [0.15, 0.2) is 47.4 Å². The van der Waals surface area contributed by atoms with Crippen LogP contribution in [-0.2, 0) is 10.0 Å². The molecule has 0 aromatic heterocycles. The Bertz CT molecular complexity index is 900. The molecule has 126 valence electrons. The van der Waals surface area contributed by atoms with Gasteiger partial charge in [0.2, 0.25) is 0 Å². The molecule has 10 heteroatoms. The van der Waals surface area contributed by atoms with Gasteiger partial charge in [0, 0.05) is 17.2 Å². The van der Waals surface area contributed by atoms with Crippen molar-refractivity contribution < 1.29 is 18.1 Å². The molecule has 8 nitrogen and oxygen atoms in total. The summed E-state index contributed by atoms with van der Waals surface area (Å²) in [6.45, 7) is 1.40. The molecular weight excluding hydrogens is 358 g/mol. The van der Waals surface area contributed by atoms with Crippen molar-refractivity contribution in [2.45, 2.75) is 11.8 Å². The lowest BCUT2D eigenvalue weighted by atomic mass is 10.2. The third kappa shape index (κ3) is 3.88. The lowest BCUT2D eigenvalue weighted by molar-refractivity contribution is -0.385. The van der Waals surface area contributed by atoms with E-state index in [0.29, 0.717) is 0 Å². The van der Waals surface area contributed by atoms with E-state index in [1.165, 1.54) is 19.1 Å². The van der Waals surface area contributed by atoms with Crippen LogP contribution < -0.4 is 10.3 Å². The van der Waals surface area contributed by atoms with Crippen LogP contribution in [0.3, 0.4) is 0 Å². The summed E-state index contributed by atoms with van der Waals surface area (Å²) in [6, 6.07) is 9.88. The van der Waals surface area contributed by atoms with Gasteiger partial charge in [-0.1, -0.05) is 29.8 Å². The highest BCUT2D eigenvalue weighted by Gasteiger charge is 2.23. The Morgan fingerprint density at radius 3 is 2.42 bits per heavy atom. The first kappa shape index (κ1) is 17.9. The van der Waals surface area contributed by atoms with E-state index in [1.54, 1.807) is 18.2 Å². The molecule has 0 bridgehead atoms. The fraction of sp³-hybridized carbons (Fsp3) is 0.0714. The third-order valence-electron chi connectivity index (χ3n) is 3.13. The first-order valence-corrected chi connectivity index (χ1v) is 8.40. The van der Waals surface area contributed by atoms with Crippen molar-refractivity contribution in [2.75, 3.05) is 0 Å². The lowest BCUT2D eigenvalue weighted by Crippen LogP contribution is -2.41. The Morgan fingerprint density at radius 2 is 1.83 bits per heavy atom. The van der Waals surface area contributed by atoms with Crippen molar-refractivity contribution >= 4 is 33.2 Å². The zero-order valence-corrected chi connectivity index (χ0v) is 13.9. The van der Waals surface area contributed by atoms with E-state index in [4.69, 9.17) is 11.6 Å². The smallest absolute Gasteiger partial charge is 0.273 e. The van der Waals surface area contributed by atoms with Gasteiger partial charge < -0.3 is 0 Å². The Hall–Kier alpha value is -2.49. The molecular formula is C14H12ClN3O5S. The highest BCUT2D eigenvalue weighted by molar-refractivity contribution is 7.89. The number of sulfonamides is 1. The van der Waals surface area contributed by atoms with Gasteiger partial charge in [-0.2, -0.15) is 0 Å². The highest BCUT2D eigenvalue weighted by Crippen LogP contribution is 2.29. The summed E-state index contributed by atoms with van der Waals surface area (Å²) in [5, 5.41) is 10.9. The molecule has 24 heavy (non-hydrogen) atoms. The molecule has 0 fully saturated rings. The number of amides is 1. The van der Waals surface area contributed by atoms with Gasteiger partial charge in [0.15, 0.2) is 0 Å². The number of halogens is 1. The van der Waals surface area contributed by atoms with Crippen LogP contribution in [0.2, 0.25) is 5.02 Å². The van der Waals surface area contributed by atoms with E-state index in [9.17, 15) is 23.3 Å². The topological polar surface area (TPSA) is 118 Å². The molecule has 2 N–H and O–H groups in total. The Labute approximate surface area is 142 Å². The van der Waals surface area contributed by atoms with Crippen LogP contribution in [0.5, 0.6) is 0 Å². The molecule has 0 aliphatic carbocycles. The second kappa shape index (κ2) is 6.95. The van der Waals surface area contributed by atoms with Crippen LogP contribution in [0.1, 0.15) is 15.9 Å². The Morgan fingerprint density at radius 1 is 1.21 bits per heavy atom. The average molecular weight is 370 g/mol. The van der Waals surface area contributed by atoms with E-state index in [2.05, 4.69) is 0 Å². The average Bonchev–Trinajstić information content (AvgIpc) is 2.55. The molecule has 0 spiro atoms. The standard InChI is InChI=1S/C14H12ClN3O5S/c1-9-12(15)7-11(8-13(9)18(20)21)24(22,23)17-16-14(19)10-5-3-2-4-6-10/h2-8,17H,1H3,(H,16,19). The van der Waals surface area contributed by atoms with Gasteiger partial charge in [0.1, 0.15) is 0 Å². The van der Waals surface area contributed by atoms with Crippen molar-refractivity contribution in [1.82, 2.24) is 10.3 Å². The summed E-state index contributed by atoms with van der Waals surface area (Å²) in [5.41, 5.74) is 1.99. The molecule has 0 atom stereocenters. The SMILES string of the molecule is Cc1c(Cl)cc(S(=O)(=O)NNC(=O)c2ccccc2)cc1[N+](=O)[O-]. The second-order valence-corrected chi connectivity index (χ2v) is 6.82. The molecule has 0 saturated carbocycles. The van der Waals surface area contributed by atoms with Crippen LogP contribution in [0, 0.1) is 17.0 Å². The number of hydrogen-bond donors (Lipinski definition) is 2. The number of hydrazine groups is 1. The zero-order valence-electron chi connectivity index (χ0n) is 12.3. The Kier molecular flexibility index (Phi) is 5.17. The number of nitro groups is 1. The molecule has 0 saturated heterocycles. The fourth-order valence-electron chi connectivity index (χ4n) is 1.82. The maximum absolute atomic E-state index is 12.2. The van der Waals surface area contributed by atoms with Gasteiger partial charge in [-0.05, 0) is 25.1 Å². The van der Waals surface area contributed by atoms with Crippen molar-refractivity contribution in [3.63, 3.8) is 0 Å². The summed E-state index contributed by atoms with van der Waals surface area (Å²) >= 11 is 5.84. The number of rotatable bonds is 5. The van der Waals surface area contributed by atoms with E-state index in [0.717, 1.165) is 12.1 Å². The van der Waals surface area contributed by atoms with Gasteiger partial charge in [-0.15, -0.1) is 4.83 Å². The molecule has 0 unspecified atom stereocenters. The molecule has 1 amide bonds. The lowest BCUT2D eigenvalue weighted by Gasteiger charge is -2.10. The summed E-state index contributed by atoms with van der Waals surface area (Å²) < 4.78 is 24.4. The quantitative estimate of drug-likeness (QED) is 0.618. The van der Waals surface area contributed by atoms with Crippen LogP contribution in [-0.4, -0.2) is 19.2 Å². The maximum Gasteiger partial charge on any atom is 0.275 e. The van der Waals surface area contributed by atoms with Crippen LogP contribution in [0.4, 0.5) is 5.69 Å². The van der Waals surface area contributed by atoms with Gasteiger partial charge >= 0.3 is 0 Å². The largest absolute Gasteiger partial charge is 0.275 e. The summed E-state index contributed by atoms with van der Waals surface area (Å²) in [6.07, 6.45) is 0. The van der Waals surface area contributed by atoms with E-state index >= 15 is 0 Å². The van der Waals surface area contributed by atoms with Gasteiger partial charge in [0.05, 0.1) is 14.8 Å². The molecule has 0 heterocycles. The number of nitro benzene ring substituents is 1. The molecule has 2 aromatic rings. The molecule has 2 aromatic carbocycles. The van der Waals surface area contributed by atoms with E-state index in [1.807, 2.05) is 10.3 Å². The van der Waals surface area contributed by atoms with Gasteiger partial charge in [-0.25, -0.2) is 8.42 Å². The minimum atomic E-state index is -4.23. The van der Waals surface area contributed by atoms with Crippen molar-refractivity contribution in [1.29, 1.82) is 0 Å². The van der Waals surface area contributed by atoms with Gasteiger partial charge in [0.25, 0.3) is 21.6 Å². The van der Waals surface area contributed by atoms with Crippen molar-refractivity contribution in [2.24, 2.45) is 0 Å². The number of hydrogen-bond acceptors (Lipinski definition) is 5. The monoisotopic (exact) mass is 369 g/mol. The highest BCUT2D eigenvalue weighted by atomic mass is 35.5. The van der Waals surface area contributed by atoms with Gasteiger partial charge in [-0.3, -0.25) is 20.3 Å². The first-order chi connectivity index (χ1) is 11.2. The van der Waals surface area contributed by atoms with E-state index < -0.39 is 31.4 Å². The minimum absolute atomic E-state index is 0.0704. The first-order valence-electron chi connectivity index (χ1n) is 6.54. The van der Waals surface area contributed by atoms with E-state index in [-0.39, 0.29) is 16.1 Å². The summed E-state index contributed by atoms with van der Waals surface area (Å²) in [7, 11) is -4.23. The number of nitrogens with one attached hydrogen (secondary N) is 2. The minimum Gasteiger partial charge on any atom is -0.273 e. The second-order valence-electron chi connectivity index (χ2n) is 4.73. The van der Waals surface area contributed by atoms with Crippen molar-refractivity contribution in [3.8, 4) is 0 Å². The normalized spacial score (nSPS) is 11.1. The summed E-state index contributed by atoms with van der Waals surface area (Å²) in [4.78, 5) is 23.5. The third-order valence-corrected chi connectivity index (χ3v) is 4.75. The predicted molar refractivity (Wildman–Crippen MR) is 87.1 cm³/mol. The zero-order chi connectivity index (χ0) is 17.9. The van der Waals surface area contributed by atoms with Crippen LogP contribution in [0.25, 0.3) is 0 Å². The summed E-state index contributed by atoms with van der Waals surface area (Å²) in [5.74, 6) is -0.674. The Balaban J connectivity index is 2.25. The number of benzene rings is 2. The maximum atomic E-state index is 12.2. The van der Waals surface area contributed by atoms with Crippen molar-refractivity contribution in [3.05, 3.63) is 68.7 Å². The molecule has 0 aliphatic heterocycles. The van der Waals surface area contributed by atoms with Crippen LogP contribution >= 0.6 is 11.6 Å². The molecule has 0 aliphatic rings. The predicted octanol–water partition coefficient (Wildman–Crippen LogP) is 2.18. The molecule has 2 rings (SSSR count).